The lowest BCUT2D eigenvalue weighted by Gasteiger charge is -2.18. The second kappa shape index (κ2) is 3.71. The number of nitrogens with one attached hydrogen (secondary N) is 1. The van der Waals surface area contributed by atoms with Crippen LogP contribution in [0.1, 0.15) is 0 Å². The SMILES string of the molecule is CSc1cc2c(cc1Cl)NC(=O)CO2. The molecule has 14 heavy (non-hydrogen) atoms. The third kappa shape index (κ3) is 1.67. The Kier molecular flexibility index (Phi) is 2.56. The van der Waals surface area contributed by atoms with Crippen molar-refractivity contribution in [1.82, 2.24) is 0 Å². The van der Waals surface area contributed by atoms with E-state index < -0.39 is 0 Å². The minimum absolute atomic E-state index is 0.0719. The molecule has 1 amide bonds. The summed E-state index contributed by atoms with van der Waals surface area (Å²) in [5, 5.41) is 3.32. The van der Waals surface area contributed by atoms with Gasteiger partial charge in [-0.15, -0.1) is 11.8 Å². The van der Waals surface area contributed by atoms with Crippen LogP contribution in [0.15, 0.2) is 17.0 Å². The lowest BCUT2D eigenvalue weighted by molar-refractivity contribution is -0.118. The van der Waals surface area contributed by atoms with Crippen LogP contribution in [0.2, 0.25) is 5.02 Å². The number of halogens is 1. The van der Waals surface area contributed by atoms with Crippen molar-refractivity contribution in [3.05, 3.63) is 17.2 Å². The Bertz CT molecular complexity index is 395. The molecule has 1 aromatic carbocycles. The van der Waals surface area contributed by atoms with Crippen LogP contribution in [0.3, 0.4) is 0 Å². The molecule has 0 fully saturated rings. The predicted molar refractivity (Wildman–Crippen MR) is 57.4 cm³/mol. The number of carbonyl (C=O) groups is 1. The highest BCUT2D eigenvalue weighted by atomic mass is 35.5. The smallest absolute Gasteiger partial charge is 0.262 e. The molecular formula is C9H8ClNO2S. The van der Waals surface area contributed by atoms with Crippen molar-refractivity contribution >= 4 is 35.0 Å². The van der Waals surface area contributed by atoms with E-state index in [0.29, 0.717) is 16.5 Å². The van der Waals surface area contributed by atoms with Gasteiger partial charge in [0.1, 0.15) is 5.75 Å². The van der Waals surface area contributed by atoms with E-state index in [2.05, 4.69) is 5.32 Å². The first-order valence-electron chi connectivity index (χ1n) is 4.01. The van der Waals surface area contributed by atoms with Crippen molar-refractivity contribution in [3.63, 3.8) is 0 Å². The van der Waals surface area contributed by atoms with E-state index >= 15 is 0 Å². The molecule has 1 aliphatic rings. The molecule has 3 nitrogen and oxygen atoms in total. The van der Waals surface area contributed by atoms with Gasteiger partial charge in [-0.05, 0) is 18.4 Å². The van der Waals surface area contributed by atoms with Crippen LogP contribution >= 0.6 is 23.4 Å². The van der Waals surface area contributed by atoms with E-state index in [1.54, 1.807) is 17.8 Å². The van der Waals surface area contributed by atoms with Gasteiger partial charge in [0.25, 0.3) is 5.91 Å². The van der Waals surface area contributed by atoms with Crippen LogP contribution < -0.4 is 10.1 Å². The zero-order chi connectivity index (χ0) is 10.1. The topological polar surface area (TPSA) is 38.3 Å². The molecule has 0 atom stereocenters. The zero-order valence-corrected chi connectivity index (χ0v) is 9.04. The van der Waals surface area contributed by atoms with Crippen LogP contribution in [-0.2, 0) is 4.79 Å². The largest absolute Gasteiger partial charge is 0.482 e. The maximum Gasteiger partial charge on any atom is 0.262 e. The summed E-state index contributed by atoms with van der Waals surface area (Å²) in [6.07, 6.45) is 1.94. The van der Waals surface area contributed by atoms with E-state index in [1.165, 1.54) is 0 Å². The average Bonchev–Trinajstić information content (AvgIpc) is 2.16. The number of rotatable bonds is 1. The van der Waals surface area contributed by atoms with Crippen molar-refractivity contribution in [3.8, 4) is 5.75 Å². The van der Waals surface area contributed by atoms with E-state index in [4.69, 9.17) is 16.3 Å². The molecule has 0 saturated carbocycles. The molecule has 0 aliphatic carbocycles. The summed E-state index contributed by atoms with van der Waals surface area (Å²) >= 11 is 7.53. The number of thioether (sulfide) groups is 1. The fourth-order valence-electron chi connectivity index (χ4n) is 1.24. The number of amides is 1. The molecule has 5 heteroatoms. The number of benzene rings is 1. The van der Waals surface area contributed by atoms with Gasteiger partial charge in [0.05, 0.1) is 10.7 Å². The van der Waals surface area contributed by atoms with Crippen molar-refractivity contribution in [2.24, 2.45) is 0 Å². The standard InChI is InChI=1S/C9H8ClNO2S/c1-14-8-3-7-6(2-5(8)10)11-9(12)4-13-7/h2-3H,4H2,1H3,(H,11,12). The molecule has 0 spiro atoms. The summed E-state index contributed by atoms with van der Waals surface area (Å²) in [5.74, 6) is 0.531. The highest BCUT2D eigenvalue weighted by Gasteiger charge is 2.17. The lowest BCUT2D eigenvalue weighted by atomic mass is 10.2. The first-order chi connectivity index (χ1) is 6.70. The van der Waals surface area contributed by atoms with Gasteiger partial charge in [-0.1, -0.05) is 11.6 Å². The zero-order valence-electron chi connectivity index (χ0n) is 7.46. The van der Waals surface area contributed by atoms with Crippen molar-refractivity contribution < 1.29 is 9.53 Å². The van der Waals surface area contributed by atoms with Gasteiger partial charge in [0.15, 0.2) is 6.61 Å². The van der Waals surface area contributed by atoms with E-state index in [1.807, 2.05) is 12.3 Å². The summed E-state index contributed by atoms with van der Waals surface area (Å²) in [5.41, 5.74) is 0.643. The van der Waals surface area contributed by atoms with Gasteiger partial charge in [-0.25, -0.2) is 0 Å². The van der Waals surface area contributed by atoms with Crippen LogP contribution in [0.25, 0.3) is 0 Å². The Morgan fingerprint density at radius 1 is 1.57 bits per heavy atom. The van der Waals surface area contributed by atoms with Gasteiger partial charge in [0.2, 0.25) is 0 Å². The molecule has 0 unspecified atom stereocenters. The van der Waals surface area contributed by atoms with E-state index in [0.717, 1.165) is 4.90 Å². The molecule has 1 heterocycles. The van der Waals surface area contributed by atoms with Gasteiger partial charge in [-0.3, -0.25) is 4.79 Å². The minimum Gasteiger partial charge on any atom is -0.482 e. The Hall–Kier alpha value is -0.870. The Labute approximate surface area is 90.8 Å². The number of hydrogen-bond acceptors (Lipinski definition) is 3. The Balaban J connectivity index is 2.45. The minimum atomic E-state index is -0.148. The highest BCUT2D eigenvalue weighted by Crippen LogP contribution is 2.37. The third-order valence-corrected chi connectivity index (χ3v) is 3.09. The van der Waals surface area contributed by atoms with Crippen molar-refractivity contribution in [2.45, 2.75) is 4.90 Å². The molecule has 74 valence electrons. The molecule has 0 radical (unpaired) electrons. The Morgan fingerprint density at radius 3 is 3.07 bits per heavy atom. The summed E-state index contributed by atoms with van der Waals surface area (Å²) in [6.45, 7) is 0.0719. The van der Waals surface area contributed by atoms with Gasteiger partial charge in [-0.2, -0.15) is 0 Å². The number of carbonyl (C=O) groups excluding carboxylic acids is 1. The maximum atomic E-state index is 11.0. The fraction of sp³-hybridized carbons (Fsp3) is 0.222. The van der Waals surface area contributed by atoms with Crippen molar-refractivity contribution in [2.75, 3.05) is 18.2 Å². The van der Waals surface area contributed by atoms with Crippen LogP contribution in [0.4, 0.5) is 5.69 Å². The molecule has 1 aliphatic heterocycles. The molecule has 1 N–H and O–H groups in total. The third-order valence-electron chi connectivity index (χ3n) is 1.89. The van der Waals surface area contributed by atoms with Crippen LogP contribution in [0.5, 0.6) is 5.75 Å². The predicted octanol–water partition coefficient (Wildman–Crippen LogP) is 2.39. The summed E-state index contributed by atoms with van der Waals surface area (Å²) < 4.78 is 5.25. The molecule has 0 saturated heterocycles. The summed E-state index contributed by atoms with van der Waals surface area (Å²) in [4.78, 5) is 12.0. The van der Waals surface area contributed by atoms with E-state index in [-0.39, 0.29) is 12.5 Å². The highest BCUT2D eigenvalue weighted by molar-refractivity contribution is 7.98. The normalized spacial score (nSPS) is 14.3. The number of ether oxygens (including phenoxy) is 1. The molecule has 0 aromatic heterocycles. The monoisotopic (exact) mass is 229 g/mol. The molecular weight excluding hydrogens is 222 g/mol. The second-order valence-electron chi connectivity index (χ2n) is 2.82. The summed E-state index contributed by atoms with van der Waals surface area (Å²) in [7, 11) is 0. The summed E-state index contributed by atoms with van der Waals surface area (Å²) in [6, 6.07) is 3.54. The first kappa shape index (κ1) is 9.68. The van der Waals surface area contributed by atoms with E-state index in [9.17, 15) is 4.79 Å². The second-order valence-corrected chi connectivity index (χ2v) is 4.08. The van der Waals surface area contributed by atoms with Gasteiger partial charge >= 0.3 is 0 Å². The quantitative estimate of drug-likeness (QED) is 0.752. The molecule has 0 bridgehead atoms. The van der Waals surface area contributed by atoms with Crippen molar-refractivity contribution in [1.29, 1.82) is 0 Å². The molecule has 2 rings (SSSR count). The van der Waals surface area contributed by atoms with Crippen LogP contribution in [0, 0.1) is 0 Å². The Morgan fingerprint density at radius 2 is 2.36 bits per heavy atom. The van der Waals surface area contributed by atoms with Gasteiger partial charge < -0.3 is 10.1 Å². The average molecular weight is 230 g/mol. The number of fused-ring (bicyclic) bond motifs is 1. The number of anilines is 1. The first-order valence-corrected chi connectivity index (χ1v) is 5.61. The maximum absolute atomic E-state index is 11.0. The fourth-order valence-corrected chi connectivity index (χ4v) is 2.11. The molecule has 1 aromatic rings. The van der Waals surface area contributed by atoms with Crippen LogP contribution in [-0.4, -0.2) is 18.8 Å². The lowest BCUT2D eigenvalue weighted by Crippen LogP contribution is -2.25. The van der Waals surface area contributed by atoms with Gasteiger partial charge in [0, 0.05) is 4.90 Å². The number of hydrogen-bond donors (Lipinski definition) is 1.